The zero-order chi connectivity index (χ0) is 12.7. The third kappa shape index (κ3) is 3.13. The molecule has 0 amide bonds. The van der Waals surface area contributed by atoms with Crippen LogP contribution in [0.2, 0.25) is 0 Å². The normalized spacial score (nSPS) is 46.7. The zero-order valence-electron chi connectivity index (χ0n) is 11.6. The molecule has 2 bridgehead atoms. The number of nitrogens with one attached hydrogen (secondary N) is 2. The fourth-order valence-corrected chi connectivity index (χ4v) is 4.24. The highest BCUT2D eigenvalue weighted by Gasteiger charge is 2.45. The molecule has 0 spiro atoms. The molecule has 4 heteroatoms. The third-order valence-electron chi connectivity index (χ3n) is 5.51. The lowest BCUT2D eigenvalue weighted by molar-refractivity contribution is 0.241. The minimum atomic E-state index is 0.528. The first-order valence-electron chi connectivity index (χ1n) is 8.03. The topological polar surface area (TPSA) is 49.1 Å². The maximum Gasteiger partial charge on any atom is 0.0933 e. The molecule has 2 N–H and O–H groups in total. The van der Waals surface area contributed by atoms with E-state index in [1.807, 2.05) is 0 Å². The first-order valence-corrected chi connectivity index (χ1v) is 8.03. The van der Waals surface area contributed by atoms with Crippen LogP contribution in [0.15, 0.2) is 0 Å². The molecule has 0 aromatic rings. The van der Waals surface area contributed by atoms with E-state index in [0.717, 1.165) is 50.0 Å². The Hall–Kier alpha value is -0.160. The van der Waals surface area contributed by atoms with Crippen LogP contribution in [0.5, 0.6) is 0 Å². The molecule has 2 saturated carbocycles. The second kappa shape index (κ2) is 5.32. The number of hydrogen-bond acceptors (Lipinski definition) is 4. The van der Waals surface area contributed by atoms with Gasteiger partial charge in [0.1, 0.15) is 0 Å². The number of rotatable bonds is 8. The van der Waals surface area contributed by atoms with Gasteiger partial charge in [-0.15, -0.1) is 0 Å². The molecule has 4 fully saturated rings. The summed E-state index contributed by atoms with van der Waals surface area (Å²) in [5, 5.41) is 7.20. The maximum atomic E-state index is 5.24. The first-order chi connectivity index (χ1) is 9.38. The van der Waals surface area contributed by atoms with E-state index in [9.17, 15) is 0 Å². The van der Waals surface area contributed by atoms with Gasteiger partial charge in [-0.2, -0.15) is 0 Å². The molecule has 4 nitrogen and oxygen atoms in total. The summed E-state index contributed by atoms with van der Waals surface area (Å²) < 4.78 is 10.5. The van der Waals surface area contributed by atoms with Gasteiger partial charge in [0.25, 0.3) is 0 Å². The van der Waals surface area contributed by atoms with Gasteiger partial charge in [0.15, 0.2) is 0 Å². The fraction of sp³-hybridized carbons (Fsp3) is 1.00. The van der Waals surface area contributed by atoms with Crippen molar-refractivity contribution in [3.05, 3.63) is 0 Å². The largest absolute Gasteiger partial charge is 0.372 e. The number of fused-ring (bicyclic) bond motifs is 2. The van der Waals surface area contributed by atoms with E-state index < -0.39 is 0 Å². The molecule has 2 aliphatic carbocycles. The van der Waals surface area contributed by atoms with Gasteiger partial charge in [0, 0.05) is 13.1 Å². The van der Waals surface area contributed by atoms with Crippen molar-refractivity contribution in [2.45, 2.75) is 31.5 Å². The van der Waals surface area contributed by atoms with Crippen molar-refractivity contribution >= 4 is 0 Å². The van der Waals surface area contributed by atoms with Gasteiger partial charge < -0.3 is 20.1 Å². The van der Waals surface area contributed by atoms with Crippen LogP contribution in [0.1, 0.15) is 19.3 Å². The standard InChI is InChI=1S/C15H26N2O2/c1-10-2-12(4-16-6-14-8-18-14)11(1)3-13(10)5-17-7-15-9-19-15/h10-17H,1-9H2. The summed E-state index contributed by atoms with van der Waals surface area (Å²) in [6, 6.07) is 0. The van der Waals surface area contributed by atoms with E-state index in [-0.39, 0.29) is 0 Å². The van der Waals surface area contributed by atoms with Gasteiger partial charge in [-0.05, 0) is 56.0 Å². The molecule has 0 aromatic heterocycles. The molecule has 108 valence electrons. The molecule has 2 saturated heterocycles. The predicted octanol–water partition coefficient (Wildman–Crippen LogP) is 0.626. The summed E-state index contributed by atoms with van der Waals surface area (Å²) in [6.07, 6.45) is 5.45. The van der Waals surface area contributed by atoms with Crippen LogP contribution >= 0.6 is 0 Å². The summed E-state index contributed by atoms with van der Waals surface area (Å²) >= 11 is 0. The summed E-state index contributed by atoms with van der Waals surface area (Å²) in [7, 11) is 0. The highest BCUT2D eigenvalue weighted by atomic mass is 16.6. The molecule has 2 heterocycles. The van der Waals surface area contributed by atoms with Crippen LogP contribution in [0.3, 0.4) is 0 Å². The quantitative estimate of drug-likeness (QED) is 0.633. The number of ether oxygens (including phenoxy) is 2. The van der Waals surface area contributed by atoms with Crippen LogP contribution in [0.25, 0.3) is 0 Å². The molecule has 4 rings (SSSR count). The van der Waals surface area contributed by atoms with E-state index in [2.05, 4.69) is 10.6 Å². The van der Waals surface area contributed by atoms with Crippen molar-refractivity contribution in [3.8, 4) is 0 Å². The van der Waals surface area contributed by atoms with Crippen LogP contribution in [-0.2, 0) is 9.47 Å². The lowest BCUT2D eigenvalue weighted by Crippen LogP contribution is -2.34. The maximum absolute atomic E-state index is 5.24. The van der Waals surface area contributed by atoms with E-state index in [4.69, 9.17) is 9.47 Å². The van der Waals surface area contributed by atoms with E-state index in [0.29, 0.717) is 12.2 Å². The van der Waals surface area contributed by atoms with Gasteiger partial charge >= 0.3 is 0 Å². The predicted molar refractivity (Wildman–Crippen MR) is 73.0 cm³/mol. The lowest BCUT2D eigenvalue weighted by atomic mass is 9.82. The van der Waals surface area contributed by atoms with Crippen LogP contribution < -0.4 is 10.6 Å². The van der Waals surface area contributed by atoms with Gasteiger partial charge in [0.05, 0.1) is 25.4 Å². The minimum absolute atomic E-state index is 0.528. The highest BCUT2D eigenvalue weighted by molar-refractivity contribution is 4.96. The molecular formula is C15H26N2O2. The molecule has 6 unspecified atom stereocenters. The minimum Gasteiger partial charge on any atom is -0.372 e. The second-order valence-corrected chi connectivity index (χ2v) is 6.97. The smallest absolute Gasteiger partial charge is 0.0933 e. The SMILES string of the molecule is C(NCC1CC2CC1CC2CNCC1CO1)C1CO1. The summed E-state index contributed by atoms with van der Waals surface area (Å²) in [6.45, 7) is 6.53. The van der Waals surface area contributed by atoms with Gasteiger partial charge in [-0.3, -0.25) is 0 Å². The van der Waals surface area contributed by atoms with Crippen molar-refractivity contribution < 1.29 is 9.47 Å². The van der Waals surface area contributed by atoms with E-state index >= 15 is 0 Å². The van der Waals surface area contributed by atoms with Gasteiger partial charge in [-0.1, -0.05) is 0 Å². The van der Waals surface area contributed by atoms with Crippen molar-refractivity contribution in [1.82, 2.24) is 10.6 Å². The number of hydrogen-bond donors (Lipinski definition) is 2. The molecule has 19 heavy (non-hydrogen) atoms. The fourth-order valence-electron chi connectivity index (χ4n) is 4.24. The highest BCUT2D eigenvalue weighted by Crippen LogP contribution is 2.51. The second-order valence-electron chi connectivity index (χ2n) is 6.97. The zero-order valence-corrected chi connectivity index (χ0v) is 11.6. The van der Waals surface area contributed by atoms with Crippen molar-refractivity contribution in [2.75, 3.05) is 39.4 Å². The molecular weight excluding hydrogens is 240 g/mol. The summed E-state index contributed by atoms with van der Waals surface area (Å²) in [5.41, 5.74) is 0. The van der Waals surface area contributed by atoms with Crippen LogP contribution in [-0.4, -0.2) is 51.6 Å². The Labute approximate surface area is 115 Å². The Morgan fingerprint density at radius 3 is 1.53 bits per heavy atom. The monoisotopic (exact) mass is 266 g/mol. The Morgan fingerprint density at radius 1 is 0.684 bits per heavy atom. The van der Waals surface area contributed by atoms with Gasteiger partial charge in [-0.25, -0.2) is 0 Å². The van der Waals surface area contributed by atoms with Crippen LogP contribution in [0.4, 0.5) is 0 Å². The first kappa shape index (κ1) is 12.6. The molecule has 6 atom stereocenters. The number of epoxide rings is 2. The Morgan fingerprint density at radius 2 is 1.16 bits per heavy atom. The Bertz CT molecular complexity index is 287. The average molecular weight is 266 g/mol. The Kier molecular flexibility index (Phi) is 3.52. The molecule has 4 aliphatic rings. The van der Waals surface area contributed by atoms with Crippen LogP contribution in [0, 0.1) is 23.7 Å². The van der Waals surface area contributed by atoms with Crippen molar-refractivity contribution in [3.63, 3.8) is 0 Å². The van der Waals surface area contributed by atoms with E-state index in [1.165, 1.54) is 32.4 Å². The third-order valence-corrected chi connectivity index (χ3v) is 5.51. The molecule has 0 radical (unpaired) electrons. The Balaban J connectivity index is 1.15. The van der Waals surface area contributed by atoms with Crippen molar-refractivity contribution in [1.29, 1.82) is 0 Å². The van der Waals surface area contributed by atoms with Gasteiger partial charge in [0.2, 0.25) is 0 Å². The molecule has 2 aliphatic heterocycles. The van der Waals surface area contributed by atoms with E-state index in [1.54, 1.807) is 0 Å². The average Bonchev–Trinajstić information content (AvgIpc) is 3.31. The lowest BCUT2D eigenvalue weighted by Gasteiger charge is -2.28. The summed E-state index contributed by atoms with van der Waals surface area (Å²) in [5.74, 6) is 3.85. The summed E-state index contributed by atoms with van der Waals surface area (Å²) in [4.78, 5) is 0. The van der Waals surface area contributed by atoms with Crippen molar-refractivity contribution in [2.24, 2.45) is 23.7 Å². The molecule has 0 aromatic carbocycles.